The maximum atomic E-state index is 12.0. The smallest absolute Gasteiger partial charge is 0.311 e. The summed E-state index contributed by atoms with van der Waals surface area (Å²) in [5, 5.41) is 10.7. The van der Waals surface area contributed by atoms with Gasteiger partial charge in [0.05, 0.1) is 17.4 Å². The fraction of sp³-hybridized carbons (Fsp3) is 0.562. The van der Waals surface area contributed by atoms with Gasteiger partial charge in [-0.3, -0.25) is 14.9 Å². The van der Waals surface area contributed by atoms with Crippen LogP contribution < -0.4 is 4.90 Å². The molecule has 1 saturated heterocycles. The average Bonchev–Trinajstić information content (AvgIpc) is 2.54. The first-order chi connectivity index (χ1) is 10.4. The first kappa shape index (κ1) is 16.3. The zero-order valence-electron chi connectivity index (χ0n) is 13.2. The summed E-state index contributed by atoms with van der Waals surface area (Å²) in [6, 6.07) is 6.58. The van der Waals surface area contributed by atoms with Crippen LogP contribution in [0.15, 0.2) is 24.3 Å². The number of esters is 1. The molecule has 0 N–H and O–H groups in total. The molecular formula is C16H22N2O4. The number of non-ortho nitro benzene ring substituents is 1. The van der Waals surface area contributed by atoms with Crippen molar-refractivity contribution in [2.75, 3.05) is 25.1 Å². The quantitative estimate of drug-likeness (QED) is 0.486. The van der Waals surface area contributed by atoms with Crippen molar-refractivity contribution in [1.29, 1.82) is 0 Å². The number of methoxy groups -OCH3 is 1. The largest absolute Gasteiger partial charge is 0.469 e. The van der Waals surface area contributed by atoms with E-state index in [2.05, 4.69) is 4.90 Å². The molecule has 1 aromatic rings. The lowest BCUT2D eigenvalue weighted by molar-refractivity contribution is -0.384. The lowest BCUT2D eigenvalue weighted by atomic mass is 9.74. The van der Waals surface area contributed by atoms with E-state index in [-0.39, 0.29) is 17.6 Å². The van der Waals surface area contributed by atoms with E-state index in [1.165, 1.54) is 19.2 Å². The Balaban J connectivity index is 2.13. The van der Waals surface area contributed by atoms with Gasteiger partial charge in [-0.15, -0.1) is 0 Å². The number of nitro groups is 1. The van der Waals surface area contributed by atoms with Crippen LogP contribution in [-0.2, 0) is 9.53 Å². The Morgan fingerprint density at radius 3 is 2.55 bits per heavy atom. The summed E-state index contributed by atoms with van der Waals surface area (Å²) in [5.41, 5.74) is 0.511. The molecule has 22 heavy (non-hydrogen) atoms. The highest BCUT2D eigenvalue weighted by atomic mass is 16.6. The summed E-state index contributed by atoms with van der Waals surface area (Å²) in [4.78, 5) is 24.5. The van der Waals surface area contributed by atoms with Gasteiger partial charge in [0.25, 0.3) is 5.69 Å². The van der Waals surface area contributed by atoms with E-state index in [9.17, 15) is 14.9 Å². The van der Waals surface area contributed by atoms with E-state index in [0.717, 1.165) is 31.6 Å². The lowest BCUT2D eigenvalue weighted by Crippen LogP contribution is -2.45. The molecule has 0 aromatic heterocycles. The number of rotatable bonds is 4. The van der Waals surface area contributed by atoms with Crippen molar-refractivity contribution in [3.8, 4) is 0 Å². The number of hydrogen-bond acceptors (Lipinski definition) is 5. The molecule has 0 bridgehead atoms. The van der Waals surface area contributed by atoms with Crippen molar-refractivity contribution < 1.29 is 14.5 Å². The van der Waals surface area contributed by atoms with Crippen molar-refractivity contribution in [2.24, 2.45) is 11.3 Å². The van der Waals surface area contributed by atoms with Crippen molar-refractivity contribution in [1.82, 2.24) is 0 Å². The molecule has 1 aromatic carbocycles. The van der Waals surface area contributed by atoms with Crippen LogP contribution in [0.4, 0.5) is 11.4 Å². The second kappa shape index (κ2) is 6.34. The minimum Gasteiger partial charge on any atom is -0.469 e. The van der Waals surface area contributed by atoms with E-state index >= 15 is 0 Å². The highest BCUT2D eigenvalue weighted by molar-refractivity contribution is 5.76. The van der Waals surface area contributed by atoms with Crippen molar-refractivity contribution in [3.63, 3.8) is 0 Å². The predicted octanol–water partition coefficient (Wildman–Crippen LogP) is 3.01. The summed E-state index contributed by atoms with van der Waals surface area (Å²) in [5.74, 6) is 0.00643. The number of carbonyl (C=O) groups is 1. The summed E-state index contributed by atoms with van der Waals surface area (Å²) >= 11 is 0. The molecule has 1 fully saturated rings. The Kier molecular flexibility index (Phi) is 4.68. The van der Waals surface area contributed by atoms with Crippen LogP contribution in [0.3, 0.4) is 0 Å². The molecule has 0 aliphatic carbocycles. The van der Waals surface area contributed by atoms with Crippen molar-refractivity contribution in [3.05, 3.63) is 34.4 Å². The van der Waals surface area contributed by atoms with E-state index < -0.39 is 10.3 Å². The minimum atomic E-state index is -0.534. The van der Waals surface area contributed by atoms with Gasteiger partial charge in [0.1, 0.15) is 0 Å². The maximum absolute atomic E-state index is 12.0. The van der Waals surface area contributed by atoms with Crippen molar-refractivity contribution >= 4 is 17.3 Å². The Bertz CT molecular complexity index is 554. The van der Waals surface area contributed by atoms with Crippen LogP contribution in [0, 0.1) is 21.4 Å². The molecule has 0 spiro atoms. The van der Waals surface area contributed by atoms with Gasteiger partial charge < -0.3 is 9.64 Å². The molecule has 0 saturated carbocycles. The van der Waals surface area contributed by atoms with Crippen LogP contribution in [0.1, 0.15) is 26.7 Å². The number of anilines is 1. The van der Waals surface area contributed by atoms with Gasteiger partial charge in [-0.2, -0.15) is 0 Å². The SMILES string of the molecule is COC(=O)C(C)(C)C1CCCN(c2ccc([N+](=O)[O-])cc2)C1. The van der Waals surface area contributed by atoms with Gasteiger partial charge in [0, 0.05) is 30.9 Å². The molecule has 1 aliphatic rings. The number of piperidine rings is 1. The molecule has 1 atom stereocenters. The number of carbonyl (C=O) groups excluding carboxylic acids is 1. The Morgan fingerprint density at radius 2 is 2.00 bits per heavy atom. The standard InChI is InChI=1S/C16H22N2O4/c1-16(2,15(19)22-3)12-5-4-10-17(11-12)13-6-8-14(9-7-13)18(20)21/h6-9,12H,4-5,10-11H2,1-3H3. The van der Waals surface area contributed by atoms with E-state index in [0.29, 0.717) is 0 Å². The summed E-state index contributed by atoms with van der Waals surface area (Å²) in [6.45, 7) is 5.48. The second-order valence-electron chi connectivity index (χ2n) is 6.27. The molecule has 1 unspecified atom stereocenters. The predicted molar refractivity (Wildman–Crippen MR) is 83.8 cm³/mol. The van der Waals surface area contributed by atoms with Crippen molar-refractivity contribution in [2.45, 2.75) is 26.7 Å². The minimum absolute atomic E-state index is 0.0900. The molecule has 1 heterocycles. The normalized spacial score (nSPS) is 18.9. The number of nitrogens with zero attached hydrogens (tertiary/aromatic N) is 2. The van der Waals surface area contributed by atoms with Crippen LogP contribution in [0.25, 0.3) is 0 Å². The fourth-order valence-corrected chi connectivity index (χ4v) is 3.02. The van der Waals surface area contributed by atoms with Gasteiger partial charge in [-0.25, -0.2) is 0 Å². The molecule has 6 nitrogen and oxygen atoms in total. The van der Waals surface area contributed by atoms with Gasteiger partial charge in [-0.05, 0) is 44.7 Å². The number of nitro benzene ring substituents is 1. The highest BCUT2D eigenvalue weighted by Gasteiger charge is 2.40. The number of benzene rings is 1. The molecule has 1 aliphatic heterocycles. The Morgan fingerprint density at radius 1 is 1.36 bits per heavy atom. The third kappa shape index (κ3) is 3.21. The second-order valence-corrected chi connectivity index (χ2v) is 6.27. The highest BCUT2D eigenvalue weighted by Crippen LogP contribution is 2.36. The van der Waals surface area contributed by atoms with Gasteiger partial charge in [-0.1, -0.05) is 0 Å². The zero-order chi connectivity index (χ0) is 16.3. The van der Waals surface area contributed by atoms with Crippen LogP contribution in [-0.4, -0.2) is 31.1 Å². The third-order valence-corrected chi connectivity index (χ3v) is 4.58. The molecule has 2 rings (SSSR count). The van der Waals surface area contributed by atoms with Crippen LogP contribution in [0.2, 0.25) is 0 Å². The Labute approximate surface area is 130 Å². The first-order valence-electron chi connectivity index (χ1n) is 7.44. The summed E-state index contributed by atoms with van der Waals surface area (Å²) in [6.07, 6.45) is 1.97. The average molecular weight is 306 g/mol. The topological polar surface area (TPSA) is 72.7 Å². The summed E-state index contributed by atoms with van der Waals surface area (Å²) in [7, 11) is 1.42. The first-order valence-corrected chi connectivity index (χ1v) is 7.44. The fourth-order valence-electron chi connectivity index (χ4n) is 3.02. The van der Waals surface area contributed by atoms with E-state index in [1.807, 2.05) is 13.8 Å². The van der Waals surface area contributed by atoms with Gasteiger partial charge in [0.15, 0.2) is 0 Å². The monoisotopic (exact) mass is 306 g/mol. The zero-order valence-corrected chi connectivity index (χ0v) is 13.2. The lowest BCUT2D eigenvalue weighted by Gasteiger charge is -2.40. The van der Waals surface area contributed by atoms with Crippen LogP contribution in [0.5, 0.6) is 0 Å². The Hall–Kier alpha value is -2.11. The van der Waals surface area contributed by atoms with Gasteiger partial charge >= 0.3 is 5.97 Å². The third-order valence-electron chi connectivity index (χ3n) is 4.58. The molecule has 0 radical (unpaired) electrons. The number of ether oxygens (including phenoxy) is 1. The van der Waals surface area contributed by atoms with Crippen LogP contribution >= 0.6 is 0 Å². The summed E-state index contributed by atoms with van der Waals surface area (Å²) < 4.78 is 4.92. The number of hydrogen-bond donors (Lipinski definition) is 0. The van der Waals surface area contributed by atoms with Gasteiger partial charge in [0.2, 0.25) is 0 Å². The maximum Gasteiger partial charge on any atom is 0.311 e. The van der Waals surface area contributed by atoms with E-state index in [4.69, 9.17) is 4.74 Å². The molecule has 6 heteroatoms. The molecular weight excluding hydrogens is 284 g/mol. The molecule has 120 valence electrons. The molecule has 0 amide bonds. The van der Waals surface area contributed by atoms with E-state index in [1.54, 1.807) is 12.1 Å².